The van der Waals surface area contributed by atoms with Gasteiger partial charge in [-0.3, -0.25) is 5.10 Å². The molecule has 1 heterocycles. The summed E-state index contributed by atoms with van der Waals surface area (Å²) < 4.78 is 0. The van der Waals surface area contributed by atoms with Gasteiger partial charge in [0.1, 0.15) is 0 Å². The molecule has 5 N–H and O–H groups in total. The molecule has 0 saturated heterocycles. The summed E-state index contributed by atoms with van der Waals surface area (Å²) in [5, 5.41) is 6.41. The number of aromatic amines is 1. The molecule has 0 radical (unpaired) electrons. The summed E-state index contributed by atoms with van der Waals surface area (Å²) in [6.07, 6.45) is 4.24. The minimum absolute atomic E-state index is 0.504. The predicted molar refractivity (Wildman–Crippen MR) is 43.4 cm³/mol. The lowest BCUT2D eigenvalue weighted by Crippen LogP contribution is -1.96. The number of hydrogen-bond donors (Lipinski definition) is 3. The molecule has 0 aromatic carbocycles. The van der Waals surface area contributed by atoms with Gasteiger partial charge in [0.2, 0.25) is 0 Å². The normalized spacial score (nSPS) is 12.5. The van der Waals surface area contributed by atoms with Crippen molar-refractivity contribution in [1.82, 2.24) is 10.2 Å². The van der Waals surface area contributed by atoms with Crippen LogP contribution in [0, 0.1) is 0 Å². The maximum atomic E-state index is 5.55. The van der Waals surface area contributed by atoms with Gasteiger partial charge >= 0.3 is 0 Å². The van der Waals surface area contributed by atoms with E-state index in [2.05, 4.69) is 15.2 Å². The molecule has 5 heteroatoms. The first-order chi connectivity index (χ1) is 5.34. The van der Waals surface area contributed by atoms with Crippen molar-refractivity contribution in [3.8, 4) is 0 Å². The molecule has 0 saturated carbocycles. The van der Waals surface area contributed by atoms with Crippen LogP contribution < -0.4 is 11.5 Å². The van der Waals surface area contributed by atoms with Gasteiger partial charge in [-0.25, -0.2) is 4.99 Å². The van der Waals surface area contributed by atoms with Crippen molar-refractivity contribution >= 4 is 12.0 Å². The van der Waals surface area contributed by atoms with Crippen LogP contribution in [0.5, 0.6) is 0 Å². The number of H-pyrrole nitrogens is 1. The Kier molecular flexibility index (Phi) is 2.27. The predicted octanol–water partition coefficient (Wildman–Crippen LogP) is -0.346. The van der Waals surface area contributed by atoms with Gasteiger partial charge in [-0.1, -0.05) is 0 Å². The van der Waals surface area contributed by atoms with Crippen molar-refractivity contribution < 1.29 is 0 Å². The summed E-state index contributed by atoms with van der Waals surface area (Å²) in [4.78, 5) is 3.65. The molecule has 5 nitrogen and oxygen atoms in total. The van der Waals surface area contributed by atoms with Crippen molar-refractivity contribution in [3.63, 3.8) is 0 Å². The van der Waals surface area contributed by atoms with E-state index in [1.54, 1.807) is 12.3 Å². The molecule has 0 atom stereocenters. The van der Waals surface area contributed by atoms with Gasteiger partial charge in [0.25, 0.3) is 0 Å². The Bertz CT molecular complexity index is 259. The smallest absolute Gasteiger partial charge is 0.0853 e. The third-order valence-corrected chi connectivity index (χ3v) is 1.11. The lowest BCUT2D eigenvalue weighted by atomic mass is 10.3. The Labute approximate surface area is 63.8 Å². The third-order valence-electron chi connectivity index (χ3n) is 1.11. The molecule has 0 aliphatic rings. The molecule has 58 valence electrons. The summed E-state index contributed by atoms with van der Waals surface area (Å²) >= 11 is 0. The molecular weight excluding hydrogens is 142 g/mol. The molecule has 1 rings (SSSR count). The first-order valence-corrected chi connectivity index (χ1v) is 3.03. The van der Waals surface area contributed by atoms with Gasteiger partial charge in [-0.05, 0) is 6.07 Å². The maximum absolute atomic E-state index is 5.55. The molecule has 0 aliphatic carbocycles. The second-order valence-electron chi connectivity index (χ2n) is 1.85. The lowest BCUT2D eigenvalue weighted by Gasteiger charge is -1.91. The fraction of sp³-hybridized carbons (Fsp3) is 0. The first-order valence-electron chi connectivity index (χ1n) is 3.03. The van der Waals surface area contributed by atoms with E-state index in [-0.39, 0.29) is 0 Å². The molecule has 0 bridgehead atoms. The van der Waals surface area contributed by atoms with E-state index in [1.807, 2.05) is 0 Å². The second-order valence-corrected chi connectivity index (χ2v) is 1.85. The van der Waals surface area contributed by atoms with Crippen LogP contribution in [0.25, 0.3) is 5.70 Å². The highest BCUT2D eigenvalue weighted by molar-refractivity contribution is 5.61. The Morgan fingerprint density at radius 3 is 3.09 bits per heavy atom. The van der Waals surface area contributed by atoms with Crippen molar-refractivity contribution in [3.05, 3.63) is 24.2 Å². The summed E-state index contributed by atoms with van der Waals surface area (Å²) in [5.41, 5.74) is 11.8. The van der Waals surface area contributed by atoms with Crippen LogP contribution in [0.15, 0.2) is 23.5 Å². The van der Waals surface area contributed by atoms with Gasteiger partial charge in [0.15, 0.2) is 0 Å². The summed E-state index contributed by atoms with van der Waals surface area (Å²) in [5.74, 6) is 0. The number of hydrogen-bond acceptors (Lipinski definition) is 3. The lowest BCUT2D eigenvalue weighted by molar-refractivity contribution is 1.07. The van der Waals surface area contributed by atoms with E-state index in [1.165, 1.54) is 12.5 Å². The standard InChI is InChI=1S/C6H9N5/c7-4-9-3-5(8)6-1-2-10-11-6/h1-4H,8H2,(H2,7,9)(H,10,11)/b5-3-. The van der Waals surface area contributed by atoms with E-state index in [0.29, 0.717) is 5.70 Å². The van der Waals surface area contributed by atoms with Crippen LogP contribution in [0.1, 0.15) is 5.69 Å². The highest BCUT2D eigenvalue weighted by atomic mass is 15.1. The minimum Gasteiger partial charge on any atom is -0.396 e. The number of aromatic nitrogens is 2. The molecule has 11 heavy (non-hydrogen) atoms. The highest BCUT2D eigenvalue weighted by Crippen LogP contribution is 2.01. The summed E-state index contributed by atoms with van der Waals surface area (Å²) in [6, 6.07) is 1.75. The first kappa shape index (κ1) is 7.33. The molecule has 0 aliphatic heterocycles. The Morgan fingerprint density at radius 1 is 1.73 bits per heavy atom. The number of nitrogens with one attached hydrogen (secondary N) is 1. The van der Waals surface area contributed by atoms with Crippen LogP contribution in [-0.4, -0.2) is 16.5 Å². The number of rotatable bonds is 2. The quantitative estimate of drug-likeness (QED) is 0.398. The van der Waals surface area contributed by atoms with Gasteiger partial charge in [0.05, 0.1) is 23.9 Å². The van der Waals surface area contributed by atoms with Gasteiger partial charge in [-0.15, -0.1) is 0 Å². The van der Waals surface area contributed by atoms with Crippen LogP contribution in [0.4, 0.5) is 0 Å². The van der Waals surface area contributed by atoms with Crippen LogP contribution >= 0.6 is 0 Å². The molecule has 1 aromatic rings. The highest BCUT2D eigenvalue weighted by Gasteiger charge is 1.93. The van der Waals surface area contributed by atoms with E-state index in [0.717, 1.165) is 5.69 Å². The number of nitrogens with two attached hydrogens (primary N) is 2. The molecular formula is C6H9N5. The largest absolute Gasteiger partial charge is 0.396 e. The van der Waals surface area contributed by atoms with Crippen molar-refractivity contribution in [1.29, 1.82) is 0 Å². The maximum Gasteiger partial charge on any atom is 0.0853 e. The van der Waals surface area contributed by atoms with E-state index in [4.69, 9.17) is 11.5 Å². The Morgan fingerprint density at radius 2 is 2.55 bits per heavy atom. The van der Waals surface area contributed by atoms with Crippen molar-refractivity contribution in [2.24, 2.45) is 16.5 Å². The van der Waals surface area contributed by atoms with Crippen LogP contribution in [0.3, 0.4) is 0 Å². The van der Waals surface area contributed by atoms with Crippen molar-refractivity contribution in [2.45, 2.75) is 0 Å². The van der Waals surface area contributed by atoms with E-state index in [9.17, 15) is 0 Å². The van der Waals surface area contributed by atoms with E-state index < -0.39 is 0 Å². The fourth-order valence-electron chi connectivity index (χ4n) is 0.610. The zero-order valence-electron chi connectivity index (χ0n) is 5.86. The molecule has 0 amide bonds. The summed E-state index contributed by atoms with van der Waals surface area (Å²) in [6.45, 7) is 0. The molecule has 0 unspecified atom stereocenters. The number of nitrogens with zero attached hydrogens (tertiary/aromatic N) is 2. The zero-order chi connectivity index (χ0) is 8.10. The Hall–Kier alpha value is -1.78. The SMILES string of the molecule is NC=N/C=C(\N)c1ccn[nH]1. The number of aliphatic imine (C=N–C) groups is 1. The monoisotopic (exact) mass is 151 g/mol. The third kappa shape index (κ3) is 1.82. The molecule has 1 aromatic heterocycles. The zero-order valence-corrected chi connectivity index (χ0v) is 5.86. The molecule has 0 spiro atoms. The second kappa shape index (κ2) is 3.40. The fourth-order valence-corrected chi connectivity index (χ4v) is 0.610. The topological polar surface area (TPSA) is 93.1 Å². The van der Waals surface area contributed by atoms with Crippen LogP contribution in [0.2, 0.25) is 0 Å². The van der Waals surface area contributed by atoms with E-state index >= 15 is 0 Å². The minimum atomic E-state index is 0.504. The van der Waals surface area contributed by atoms with Gasteiger partial charge in [0, 0.05) is 6.20 Å². The van der Waals surface area contributed by atoms with Gasteiger partial charge in [-0.2, -0.15) is 5.10 Å². The average Bonchev–Trinajstić information content (AvgIpc) is 2.52. The molecule has 0 fully saturated rings. The summed E-state index contributed by atoms with van der Waals surface area (Å²) in [7, 11) is 0. The van der Waals surface area contributed by atoms with Gasteiger partial charge < -0.3 is 11.5 Å². The van der Waals surface area contributed by atoms with Crippen molar-refractivity contribution in [2.75, 3.05) is 0 Å². The average molecular weight is 151 g/mol. The van der Waals surface area contributed by atoms with Crippen LogP contribution in [-0.2, 0) is 0 Å². The Balaban J connectivity index is 2.77.